The highest BCUT2D eigenvalue weighted by Gasteiger charge is 2.43. The summed E-state index contributed by atoms with van der Waals surface area (Å²) in [5.74, 6) is -2.16. The third kappa shape index (κ3) is 2.52. The number of barbiturate groups is 1. The molecule has 6 nitrogen and oxygen atoms in total. The van der Waals surface area contributed by atoms with E-state index in [0.29, 0.717) is 11.4 Å². The zero-order valence-electron chi connectivity index (χ0n) is 12.5. The van der Waals surface area contributed by atoms with E-state index in [4.69, 9.17) is 0 Å². The van der Waals surface area contributed by atoms with Crippen LogP contribution in [-0.4, -0.2) is 29.6 Å². The van der Waals surface area contributed by atoms with Crippen molar-refractivity contribution in [1.29, 1.82) is 0 Å². The molecule has 6 heteroatoms. The fraction of sp³-hybridized carbons (Fsp3) is 0.375. The molecule has 2 fully saturated rings. The minimum absolute atomic E-state index is 0.213. The molecule has 22 heavy (non-hydrogen) atoms. The van der Waals surface area contributed by atoms with Crippen LogP contribution in [0.1, 0.15) is 25.3 Å². The number of aliphatic imine (C=N–C) groups is 1. The SMILES string of the molecule is CC(=NC1CC1)[C@H]1C(=O)NC(=O)N(c2ccccc2C)C1=O. The number of nitrogens with one attached hydrogen (secondary N) is 1. The molecule has 0 bridgehead atoms. The topological polar surface area (TPSA) is 78.8 Å². The monoisotopic (exact) mass is 299 g/mol. The second-order valence-electron chi connectivity index (χ2n) is 5.69. The van der Waals surface area contributed by atoms with Gasteiger partial charge in [-0.3, -0.25) is 19.9 Å². The number of carbonyl (C=O) groups excluding carboxylic acids is 3. The Bertz CT molecular complexity index is 692. The normalized spacial score (nSPS) is 22.8. The zero-order chi connectivity index (χ0) is 15.9. The van der Waals surface area contributed by atoms with Crippen molar-refractivity contribution in [2.75, 3.05) is 4.90 Å². The highest BCUT2D eigenvalue weighted by atomic mass is 16.2. The lowest BCUT2D eigenvalue weighted by Gasteiger charge is -2.31. The largest absolute Gasteiger partial charge is 0.335 e. The number of amides is 4. The van der Waals surface area contributed by atoms with Crippen molar-refractivity contribution in [1.82, 2.24) is 5.32 Å². The highest BCUT2D eigenvalue weighted by Crippen LogP contribution is 2.27. The zero-order valence-corrected chi connectivity index (χ0v) is 12.5. The van der Waals surface area contributed by atoms with Gasteiger partial charge in [0.15, 0.2) is 5.92 Å². The van der Waals surface area contributed by atoms with Gasteiger partial charge in [-0.2, -0.15) is 0 Å². The fourth-order valence-corrected chi connectivity index (χ4v) is 2.55. The first kappa shape index (κ1) is 14.4. The summed E-state index contributed by atoms with van der Waals surface area (Å²) in [6.45, 7) is 3.48. The number of carbonyl (C=O) groups is 3. The average Bonchev–Trinajstić information content (AvgIpc) is 3.24. The minimum Gasteiger partial charge on any atom is -0.290 e. The average molecular weight is 299 g/mol. The van der Waals surface area contributed by atoms with Crippen molar-refractivity contribution in [2.24, 2.45) is 10.9 Å². The highest BCUT2D eigenvalue weighted by molar-refractivity contribution is 6.35. The summed E-state index contributed by atoms with van der Waals surface area (Å²) in [6, 6.07) is 6.58. The molecule has 1 heterocycles. The first-order chi connectivity index (χ1) is 10.5. The van der Waals surface area contributed by atoms with Crippen LogP contribution in [0, 0.1) is 12.8 Å². The molecule has 1 atom stereocenters. The van der Waals surface area contributed by atoms with Gasteiger partial charge < -0.3 is 0 Å². The lowest BCUT2D eigenvalue weighted by Crippen LogP contribution is -2.60. The first-order valence-electron chi connectivity index (χ1n) is 7.27. The maximum atomic E-state index is 12.7. The number of benzene rings is 1. The van der Waals surface area contributed by atoms with Gasteiger partial charge in [-0.25, -0.2) is 9.69 Å². The van der Waals surface area contributed by atoms with Gasteiger partial charge in [0.1, 0.15) is 0 Å². The minimum atomic E-state index is -1.03. The van der Waals surface area contributed by atoms with E-state index in [0.717, 1.165) is 23.3 Å². The molecule has 2 aliphatic rings. The van der Waals surface area contributed by atoms with E-state index < -0.39 is 23.8 Å². The number of para-hydroxylation sites is 1. The van der Waals surface area contributed by atoms with Crippen LogP contribution in [0.5, 0.6) is 0 Å². The number of urea groups is 1. The van der Waals surface area contributed by atoms with Gasteiger partial charge in [-0.1, -0.05) is 18.2 Å². The summed E-state index contributed by atoms with van der Waals surface area (Å²) in [7, 11) is 0. The van der Waals surface area contributed by atoms with Gasteiger partial charge in [0.05, 0.1) is 11.7 Å². The molecule has 1 aromatic carbocycles. The maximum Gasteiger partial charge on any atom is 0.335 e. The molecule has 1 N–H and O–H groups in total. The van der Waals surface area contributed by atoms with E-state index in [-0.39, 0.29) is 6.04 Å². The van der Waals surface area contributed by atoms with Crippen molar-refractivity contribution in [3.05, 3.63) is 29.8 Å². The van der Waals surface area contributed by atoms with Crippen LogP contribution in [0.25, 0.3) is 0 Å². The molecular weight excluding hydrogens is 282 g/mol. The second-order valence-corrected chi connectivity index (χ2v) is 5.69. The quantitative estimate of drug-likeness (QED) is 0.683. The maximum absolute atomic E-state index is 12.7. The summed E-state index contributed by atoms with van der Waals surface area (Å²) in [6.07, 6.45) is 1.97. The van der Waals surface area contributed by atoms with Gasteiger partial charge in [0.2, 0.25) is 5.91 Å². The fourth-order valence-electron chi connectivity index (χ4n) is 2.55. The van der Waals surface area contributed by atoms with Crippen molar-refractivity contribution in [2.45, 2.75) is 32.7 Å². The van der Waals surface area contributed by atoms with Crippen molar-refractivity contribution in [3.8, 4) is 0 Å². The molecule has 1 aromatic rings. The Morgan fingerprint density at radius 1 is 1.23 bits per heavy atom. The van der Waals surface area contributed by atoms with Crippen molar-refractivity contribution >= 4 is 29.2 Å². The number of hydrogen-bond donors (Lipinski definition) is 1. The molecule has 0 aromatic heterocycles. The van der Waals surface area contributed by atoms with Crippen LogP contribution in [0.15, 0.2) is 29.3 Å². The molecule has 3 rings (SSSR count). The van der Waals surface area contributed by atoms with E-state index in [1.807, 2.05) is 19.1 Å². The lowest BCUT2D eigenvalue weighted by molar-refractivity contribution is -0.131. The molecule has 4 amide bonds. The van der Waals surface area contributed by atoms with E-state index in [1.165, 1.54) is 0 Å². The van der Waals surface area contributed by atoms with Gasteiger partial charge in [0, 0.05) is 5.71 Å². The van der Waals surface area contributed by atoms with Crippen LogP contribution in [0.3, 0.4) is 0 Å². The summed E-state index contributed by atoms with van der Waals surface area (Å²) in [4.78, 5) is 42.3. The van der Waals surface area contributed by atoms with Crippen molar-refractivity contribution in [3.63, 3.8) is 0 Å². The smallest absolute Gasteiger partial charge is 0.290 e. The molecule has 114 valence electrons. The van der Waals surface area contributed by atoms with Gasteiger partial charge >= 0.3 is 6.03 Å². The third-order valence-corrected chi connectivity index (χ3v) is 3.87. The van der Waals surface area contributed by atoms with E-state index in [2.05, 4.69) is 10.3 Å². The van der Waals surface area contributed by atoms with Gasteiger partial charge in [0.25, 0.3) is 5.91 Å². The molecule has 1 saturated carbocycles. The van der Waals surface area contributed by atoms with Crippen molar-refractivity contribution < 1.29 is 14.4 Å². The number of anilines is 1. The molecule has 1 aliphatic heterocycles. The van der Waals surface area contributed by atoms with Gasteiger partial charge in [-0.15, -0.1) is 0 Å². The summed E-state index contributed by atoms with van der Waals surface area (Å²) in [5.41, 5.74) is 1.74. The number of hydrogen-bond acceptors (Lipinski definition) is 4. The van der Waals surface area contributed by atoms with Crippen LogP contribution in [0.4, 0.5) is 10.5 Å². The van der Waals surface area contributed by atoms with E-state index in [9.17, 15) is 14.4 Å². The number of imide groups is 2. The Kier molecular flexibility index (Phi) is 3.52. The Morgan fingerprint density at radius 2 is 1.91 bits per heavy atom. The Balaban J connectivity index is 1.97. The molecule has 0 unspecified atom stereocenters. The number of nitrogens with zero attached hydrogens (tertiary/aromatic N) is 2. The summed E-state index contributed by atoms with van der Waals surface area (Å²) in [5, 5.41) is 2.26. The second kappa shape index (κ2) is 5.36. The lowest BCUT2D eigenvalue weighted by atomic mass is 9.98. The van der Waals surface area contributed by atoms with Crippen LogP contribution >= 0.6 is 0 Å². The van der Waals surface area contributed by atoms with Gasteiger partial charge in [-0.05, 0) is 38.3 Å². The van der Waals surface area contributed by atoms with Crippen LogP contribution < -0.4 is 10.2 Å². The third-order valence-electron chi connectivity index (χ3n) is 3.87. The van der Waals surface area contributed by atoms with E-state index >= 15 is 0 Å². The first-order valence-corrected chi connectivity index (χ1v) is 7.27. The standard InChI is InChI=1S/C16H17N3O3/c1-9-5-3-4-6-12(9)19-15(21)13(14(20)18-16(19)22)10(2)17-11-7-8-11/h3-6,11,13H,7-8H2,1-2H3,(H,18,20,22)/t13-/m0/s1. The Hall–Kier alpha value is -2.50. The number of rotatable bonds is 3. The molecule has 1 aliphatic carbocycles. The van der Waals surface area contributed by atoms with Crippen LogP contribution in [-0.2, 0) is 9.59 Å². The Morgan fingerprint density at radius 3 is 2.55 bits per heavy atom. The molecule has 0 radical (unpaired) electrons. The van der Waals surface area contributed by atoms with E-state index in [1.54, 1.807) is 19.1 Å². The predicted molar refractivity (Wildman–Crippen MR) is 81.8 cm³/mol. The Labute approximate surface area is 128 Å². The van der Waals surface area contributed by atoms with Crippen LogP contribution in [0.2, 0.25) is 0 Å². The summed E-state index contributed by atoms with van der Waals surface area (Å²) < 4.78 is 0. The number of aryl methyl sites for hydroxylation is 1. The summed E-state index contributed by atoms with van der Waals surface area (Å²) >= 11 is 0. The molecule has 0 spiro atoms. The predicted octanol–water partition coefficient (Wildman–Crippen LogP) is 1.82. The molecular formula is C16H17N3O3. The molecule has 1 saturated heterocycles.